The van der Waals surface area contributed by atoms with Crippen molar-refractivity contribution in [1.29, 1.82) is 0 Å². The molecule has 1 aromatic rings. The molecular weight excluding hydrogens is 289 g/mol. The molecule has 0 N–H and O–H groups in total. The highest BCUT2D eigenvalue weighted by Crippen LogP contribution is 2.30. The molecule has 2 nitrogen and oxygen atoms in total. The first kappa shape index (κ1) is 11.9. The topological polar surface area (TPSA) is 20.3 Å². The van der Waals surface area contributed by atoms with Crippen molar-refractivity contribution >= 4 is 38.5 Å². The first-order valence-electron chi connectivity index (χ1n) is 5.37. The van der Waals surface area contributed by atoms with E-state index in [2.05, 4.69) is 26.9 Å². The molecular formula is C12H13BrClNO. The molecule has 0 aliphatic carbocycles. The Hall–Kier alpha value is -0.540. The molecule has 1 saturated heterocycles. The maximum atomic E-state index is 11.0. The van der Waals surface area contributed by atoms with Gasteiger partial charge >= 0.3 is 0 Å². The zero-order chi connectivity index (χ0) is 11.5. The fraction of sp³-hybridized carbons (Fsp3) is 0.417. The summed E-state index contributed by atoms with van der Waals surface area (Å²) < 4.78 is 1.10. The van der Waals surface area contributed by atoms with Crippen LogP contribution in [0.4, 0.5) is 5.69 Å². The van der Waals surface area contributed by atoms with E-state index in [-0.39, 0.29) is 11.2 Å². The fourth-order valence-electron chi connectivity index (χ4n) is 2.06. The molecule has 0 amide bonds. The van der Waals surface area contributed by atoms with Gasteiger partial charge in [0.15, 0.2) is 0 Å². The van der Waals surface area contributed by atoms with Crippen LogP contribution in [0.3, 0.4) is 0 Å². The summed E-state index contributed by atoms with van der Waals surface area (Å²) in [4.78, 5) is 13.3. The number of rotatable bonds is 2. The lowest BCUT2D eigenvalue weighted by Crippen LogP contribution is -2.35. The molecule has 0 unspecified atom stereocenters. The van der Waals surface area contributed by atoms with Crippen molar-refractivity contribution in [3.05, 3.63) is 28.7 Å². The molecule has 1 heterocycles. The van der Waals surface area contributed by atoms with E-state index in [4.69, 9.17) is 11.6 Å². The number of halogens is 2. The highest BCUT2D eigenvalue weighted by atomic mass is 79.9. The molecule has 16 heavy (non-hydrogen) atoms. The van der Waals surface area contributed by atoms with Crippen molar-refractivity contribution < 1.29 is 4.79 Å². The van der Waals surface area contributed by atoms with Crippen LogP contribution >= 0.6 is 27.5 Å². The van der Waals surface area contributed by atoms with Gasteiger partial charge in [-0.3, -0.25) is 4.79 Å². The number of para-hydroxylation sites is 1. The second kappa shape index (κ2) is 5.19. The summed E-state index contributed by atoms with van der Waals surface area (Å²) >= 11 is 9.06. The zero-order valence-electron chi connectivity index (χ0n) is 8.83. The van der Waals surface area contributed by atoms with Crippen LogP contribution in [0.25, 0.3) is 0 Å². The van der Waals surface area contributed by atoms with E-state index in [0.717, 1.165) is 30.4 Å². The van der Waals surface area contributed by atoms with Crippen LogP contribution in [-0.4, -0.2) is 18.3 Å². The van der Waals surface area contributed by atoms with Crippen LogP contribution in [-0.2, 0) is 4.79 Å². The predicted octanol–water partition coefficient (Wildman–Crippen LogP) is 3.43. The summed E-state index contributed by atoms with van der Waals surface area (Å²) in [6, 6.07) is 8.16. The largest absolute Gasteiger partial charge is 0.371 e. The third kappa shape index (κ3) is 2.58. The fourth-order valence-corrected chi connectivity index (χ4v) is 2.81. The molecule has 0 atom stereocenters. The van der Waals surface area contributed by atoms with Crippen molar-refractivity contribution in [2.75, 3.05) is 18.0 Å². The summed E-state index contributed by atoms with van der Waals surface area (Å²) in [5.74, 6) is 0.0420. The number of benzene rings is 1. The van der Waals surface area contributed by atoms with Crippen molar-refractivity contribution in [1.82, 2.24) is 0 Å². The van der Waals surface area contributed by atoms with Gasteiger partial charge in [0.05, 0.1) is 5.69 Å². The lowest BCUT2D eigenvalue weighted by molar-refractivity contribution is -0.115. The molecule has 1 fully saturated rings. The molecule has 1 aliphatic rings. The Morgan fingerprint density at radius 1 is 1.31 bits per heavy atom. The SMILES string of the molecule is O=C(Cl)C1CCN(c2ccccc2Br)CC1. The minimum Gasteiger partial charge on any atom is -0.371 e. The first-order chi connectivity index (χ1) is 7.68. The van der Waals surface area contributed by atoms with Crippen molar-refractivity contribution in [3.63, 3.8) is 0 Å². The van der Waals surface area contributed by atoms with Crippen LogP contribution in [0.15, 0.2) is 28.7 Å². The third-order valence-corrected chi connectivity index (χ3v) is 3.99. The average molecular weight is 303 g/mol. The van der Waals surface area contributed by atoms with Crippen LogP contribution in [0, 0.1) is 5.92 Å². The maximum absolute atomic E-state index is 11.0. The minimum absolute atomic E-state index is 0.0420. The number of nitrogens with zero attached hydrogens (tertiary/aromatic N) is 1. The first-order valence-corrected chi connectivity index (χ1v) is 6.54. The van der Waals surface area contributed by atoms with Crippen LogP contribution in [0.2, 0.25) is 0 Å². The Labute approximate surface area is 109 Å². The second-order valence-electron chi connectivity index (χ2n) is 4.02. The van der Waals surface area contributed by atoms with Crippen molar-refractivity contribution in [2.24, 2.45) is 5.92 Å². The normalized spacial score (nSPS) is 17.5. The summed E-state index contributed by atoms with van der Waals surface area (Å²) in [5.41, 5.74) is 1.20. The molecule has 0 spiro atoms. The molecule has 0 radical (unpaired) electrons. The van der Waals surface area contributed by atoms with Gasteiger partial charge in [-0.2, -0.15) is 0 Å². The van der Waals surface area contributed by atoms with E-state index >= 15 is 0 Å². The summed E-state index contributed by atoms with van der Waals surface area (Å²) in [6.45, 7) is 1.79. The Morgan fingerprint density at radius 2 is 1.94 bits per heavy atom. The van der Waals surface area contributed by atoms with Crippen molar-refractivity contribution in [3.8, 4) is 0 Å². The van der Waals surface area contributed by atoms with Gasteiger partial charge in [-0.05, 0) is 52.5 Å². The Balaban J connectivity index is 2.05. The van der Waals surface area contributed by atoms with E-state index in [9.17, 15) is 4.79 Å². The number of hydrogen-bond donors (Lipinski definition) is 0. The zero-order valence-corrected chi connectivity index (χ0v) is 11.2. The highest BCUT2D eigenvalue weighted by Gasteiger charge is 2.24. The van der Waals surface area contributed by atoms with Crippen LogP contribution in [0.1, 0.15) is 12.8 Å². The van der Waals surface area contributed by atoms with Gasteiger partial charge in [-0.15, -0.1) is 0 Å². The molecule has 0 bridgehead atoms. The van der Waals surface area contributed by atoms with E-state index < -0.39 is 0 Å². The molecule has 0 saturated carbocycles. The van der Waals surface area contributed by atoms with Gasteiger partial charge < -0.3 is 4.90 Å². The minimum atomic E-state index is -0.188. The van der Waals surface area contributed by atoms with Gasteiger partial charge in [0, 0.05) is 23.5 Å². The molecule has 1 aliphatic heterocycles. The van der Waals surface area contributed by atoms with Gasteiger partial charge in [0.1, 0.15) is 0 Å². The molecule has 0 aromatic heterocycles. The lowest BCUT2D eigenvalue weighted by atomic mass is 9.98. The van der Waals surface area contributed by atoms with E-state index in [1.807, 2.05) is 18.2 Å². The predicted molar refractivity (Wildman–Crippen MR) is 69.9 cm³/mol. The molecule has 86 valence electrons. The quantitative estimate of drug-likeness (QED) is 0.780. The van der Waals surface area contributed by atoms with Gasteiger partial charge in [-0.1, -0.05) is 12.1 Å². The monoisotopic (exact) mass is 301 g/mol. The number of piperidine rings is 1. The third-order valence-electron chi connectivity index (χ3n) is 3.01. The van der Waals surface area contributed by atoms with E-state index in [1.165, 1.54) is 5.69 Å². The molecule has 1 aromatic carbocycles. The van der Waals surface area contributed by atoms with E-state index in [1.54, 1.807) is 0 Å². The van der Waals surface area contributed by atoms with Crippen LogP contribution < -0.4 is 4.90 Å². The average Bonchev–Trinajstić information content (AvgIpc) is 2.30. The molecule has 2 rings (SSSR count). The van der Waals surface area contributed by atoms with Gasteiger partial charge in [0.25, 0.3) is 0 Å². The Morgan fingerprint density at radius 3 is 2.50 bits per heavy atom. The Bertz CT molecular complexity index is 388. The number of hydrogen-bond acceptors (Lipinski definition) is 2. The maximum Gasteiger partial charge on any atom is 0.224 e. The number of carbonyl (C=O) groups is 1. The smallest absolute Gasteiger partial charge is 0.224 e. The van der Waals surface area contributed by atoms with Gasteiger partial charge in [-0.25, -0.2) is 0 Å². The lowest BCUT2D eigenvalue weighted by Gasteiger charge is -2.32. The van der Waals surface area contributed by atoms with Gasteiger partial charge in [0.2, 0.25) is 5.24 Å². The molecule has 4 heteroatoms. The Kier molecular flexibility index (Phi) is 3.87. The summed E-state index contributed by atoms with van der Waals surface area (Å²) in [7, 11) is 0. The number of carbonyl (C=O) groups excluding carboxylic acids is 1. The van der Waals surface area contributed by atoms with Crippen LogP contribution in [0.5, 0.6) is 0 Å². The second-order valence-corrected chi connectivity index (χ2v) is 5.24. The number of anilines is 1. The standard InChI is InChI=1S/C12H13BrClNO/c13-10-3-1-2-4-11(10)15-7-5-9(6-8-15)12(14)16/h1-4,9H,5-8H2. The van der Waals surface area contributed by atoms with E-state index in [0.29, 0.717) is 0 Å². The highest BCUT2D eigenvalue weighted by molar-refractivity contribution is 9.10. The summed E-state index contributed by atoms with van der Waals surface area (Å²) in [6.07, 6.45) is 1.70. The summed E-state index contributed by atoms with van der Waals surface area (Å²) in [5, 5.41) is -0.188. The van der Waals surface area contributed by atoms with Crippen molar-refractivity contribution in [2.45, 2.75) is 12.8 Å².